The Hall–Kier alpha value is -1.50. The SMILES string of the molecule is CCO.CCc1ccc([N+](=O)[O-])cc1CC.NN. The third-order valence-corrected chi connectivity index (χ3v) is 2.16. The van der Waals surface area contributed by atoms with Crippen LogP contribution in [-0.2, 0) is 12.8 Å². The van der Waals surface area contributed by atoms with Crippen molar-refractivity contribution in [2.24, 2.45) is 11.7 Å². The largest absolute Gasteiger partial charge is 0.397 e. The first kappa shape index (κ1) is 18.9. The molecule has 6 heteroatoms. The zero-order valence-electron chi connectivity index (χ0n) is 11.2. The lowest BCUT2D eigenvalue weighted by molar-refractivity contribution is -0.384. The van der Waals surface area contributed by atoms with E-state index in [-0.39, 0.29) is 17.2 Å². The van der Waals surface area contributed by atoms with Gasteiger partial charge in [0.15, 0.2) is 0 Å². The van der Waals surface area contributed by atoms with Gasteiger partial charge in [-0.3, -0.25) is 21.8 Å². The van der Waals surface area contributed by atoms with Gasteiger partial charge in [0.25, 0.3) is 5.69 Å². The van der Waals surface area contributed by atoms with Crippen molar-refractivity contribution in [3.05, 3.63) is 39.4 Å². The van der Waals surface area contributed by atoms with Crippen molar-refractivity contribution in [3.8, 4) is 0 Å². The molecule has 0 saturated heterocycles. The second-order valence-electron chi connectivity index (χ2n) is 3.23. The molecule has 0 spiro atoms. The van der Waals surface area contributed by atoms with Crippen LogP contribution in [0.5, 0.6) is 0 Å². The molecule has 0 saturated carbocycles. The van der Waals surface area contributed by atoms with Gasteiger partial charge in [-0.15, -0.1) is 0 Å². The number of benzene rings is 1. The number of rotatable bonds is 3. The summed E-state index contributed by atoms with van der Waals surface area (Å²) < 4.78 is 0. The summed E-state index contributed by atoms with van der Waals surface area (Å²) in [6, 6.07) is 5.08. The number of hydrazine groups is 1. The molecule has 0 atom stereocenters. The highest BCUT2D eigenvalue weighted by Gasteiger charge is 2.07. The maximum absolute atomic E-state index is 10.5. The minimum absolute atomic E-state index is 0.189. The lowest BCUT2D eigenvalue weighted by Gasteiger charge is -2.03. The summed E-state index contributed by atoms with van der Waals surface area (Å²) in [6.45, 7) is 6.00. The molecular weight excluding hydrogens is 234 g/mol. The van der Waals surface area contributed by atoms with E-state index in [0.717, 1.165) is 18.4 Å². The third-order valence-electron chi connectivity index (χ3n) is 2.16. The van der Waals surface area contributed by atoms with Crippen LogP contribution in [0.2, 0.25) is 0 Å². The Morgan fingerprint density at radius 2 is 1.61 bits per heavy atom. The van der Waals surface area contributed by atoms with E-state index in [1.807, 2.05) is 13.0 Å². The molecule has 0 fully saturated rings. The van der Waals surface area contributed by atoms with Gasteiger partial charge in [-0.25, -0.2) is 0 Å². The van der Waals surface area contributed by atoms with Gasteiger partial charge in [-0.05, 0) is 30.9 Å². The second-order valence-corrected chi connectivity index (χ2v) is 3.23. The molecule has 0 aromatic heterocycles. The van der Waals surface area contributed by atoms with Crippen molar-refractivity contribution < 1.29 is 10.0 Å². The topological polar surface area (TPSA) is 115 Å². The quantitative estimate of drug-likeness (QED) is 0.431. The number of nitrogens with zero attached hydrogens (tertiary/aromatic N) is 1. The summed E-state index contributed by atoms with van der Waals surface area (Å²) in [6.07, 6.45) is 1.78. The van der Waals surface area contributed by atoms with Crippen LogP contribution in [0.1, 0.15) is 31.9 Å². The molecular formula is C12H23N3O3. The minimum atomic E-state index is -0.349. The van der Waals surface area contributed by atoms with Crippen molar-refractivity contribution in [2.75, 3.05) is 6.61 Å². The normalized spacial score (nSPS) is 8.56. The van der Waals surface area contributed by atoms with Crippen molar-refractivity contribution in [3.63, 3.8) is 0 Å². The van der Waals surface area contributed by atoms with Crippen LogP contribution < -0.4 is 11.7 Å². The van der Waals surface area contributed by atoms with Crippen molar-refractivity contribution in [1.29, 1.82) is 0 Å². The Bertz CT molecular complexity index is 343. The molecule has 6 nitrogen and oxygen atoms in total. The van der Waals surface area contributed by atoms with E-state index in [4.69, 9.17) is 5.11 Å². The van der Waals surface area contributed by atoms with E-state index in [1.54, 1.807) is 19.1 Å². The number of hydrogen-bond acceptors (Lipinski definition) is 5. The fourth-order valence-electron chi connectivity index (χ4n) is 1.40. The summed E-state index contributed by atoms with van der Waals surface area (Å²) in [4.78, 5) is 10.1. The standard InChI is InChI=1S/C10H13NO2.C2H6O.H4N2/c1-3-8-5-6-10(11(12)13)7-9(8)4-2;1-2-3;1-2/h5-7H,3-4H2,1-2H3;3H,2H2,1H3;1-2H2. The van der Waals surface area contributed by atoms with Gasteiger partial charge in [-0.1, -0.05) is 19.9 Å². The Labute approximate surface area is 108 Å². The number of non-ortho nitro benzene ring substituents is 1. The van der Waals surface area contributed by atoms with Crippen LogP contribution in [0, 0.1) is 10.1 Å². The number of aliphatic hydroxyl groups is 1. The lowest BCUT2D eigenvalue weighted by Crippen LogP contribution is -2.02. The van der Waals surface area contributed by atoms with Crippen molar-refractivity contribution >= 4 is 5.69 Å². The predicted molar refractivity (Wildman–Crippen MR) is 73.0 cm³/mol. The first-order valence-corrected chi connectivity index (χ1v) is 5.80. The van der Waals surface area contributed by atoms with Crippen LogP contribution in [-0.4, -0.2) is 16.6 Å². The van der Waals surface area contributed by atoms with Gasteiger partial charge in [0, 0.05) is 18.7 Å². The van der Waals surface area contributed by atoms with E-state index in [0.29, 0.717) is 0 Å². The van der Waals surface area contributed by atoms with Gasteiger partial charge in [0.1, 0.15) is 0 Å². The highest BCUT2D eigenvalue weighted by atomic mass is 16.6. The van der Waals surface area contributed by atoms with E-state index >= 15 is 0 Å². The minimum Gasteiger partial charge on any atom is -0.397 e. The Balaban J connectivity index is 0. The van der Waals surface area contributed by atoms with Gasteiger partial charge in [0.2, 0.25) is 0 Å². The molecule has 0 heterocycles. The second kappa shape index (κ2) is 12.0. The Morgan fingerprint density at radius 1 is 1.17 bits per heavy atom. The number of aryl methyl sites for hydroxylation is 2. The summed E-state index contributed by atoms with van der Waals surface area (Å²) in [5, 5.41) is 18.0. The first-order chi connectivity index (χ1) is 8.60. The lowest BCUT2D eigenvalue weighted by atomic mass is 10.0. The molecule has 0 aliphatic carbocycles. The predicted octanol–water partition coefficient (Wildman–Crippen LogP) is 1.54. The first-order valence-electron chi connectivity index (χ1n) is 5.80. The molecule has 1 aromatic carbocycles. The number of nitro benzene ring substituents is 1. The van der Waals surface area contributed by atoms with Crippen molar-refractivity contribution in [1.82, 2.24) is 0 Å². The highest BCUT2D eigenvalue weighted by molar-refractivity contribution is 5.39. The number of nitrogens with two attached hydrogens (primary N) is 2. The molecule has 0 aliphatic heterocycles. The Morgan fingerprint density at radius 3 is 1.94 bits per heavy atom. The zero-order chi connectivity index (χ0) is 14.6. The fourth-order valence-corrected chi connectivity index (χ4v) is 1.40. The summed E-state index contributed by atoms with van der Waals surface area (Å²) in [5.41, 5.74) is 2.47. The summed E-state index contributed by atoms with van der Waals surface area (Å²) >= 11 is 0. The third kappa shape index (κ3) is 6.95. The molecule has 0 radical (unpaired) electrons. The highest BCUT2D eigenvalue weighted by Crippen LogP contribution is 2.18. The van der Waals surface area contributed by atoms with E-state index in [1.165, 1.54) is 5.56 Å². The molecule has 0 bridgehead atoms. The average Bonchev–Trinajstić information content (AvgIpc) is 2.41. The van der Waals surface area contributed by atoms with Gasteiger partial charge in [-0.2, -0.15) is 0 Å². The number of hydrogen-bond donors (Lipinski definition) is 3. The molecule has 0 aliphatic rings. The maximum Gasteiger partial charge on any atom is 0.269 e. The average molecular weight is 257 g/mol. The number of aliphatic hydroxyl groups excluding tert-OH is 1. The van der Waals surface area contributed by atoms with Gasteiger partial charge < -0.3 is 5.11 Å². The van der Waals surface area contributed by atoms with E-state index in [2.05, 4.69) is 18.6 Å². The molecule has 18 heavy (non-hydrogen) atoms. The van der Waals surface area contributed by atoms with Crippen LogP contribution >= 0.6 is 0 Å². The summed E-state index contributed by atoms with van der Waals surface area (Å²) in [5.74, 6) is 8.00. The molecule has 0 unspecified atom stereocenters. The van der Waals surface area contributed by atoms with Crippen LogP contribution in [0.15, 0.2) is 18.2 Å². The molecule has 1 aromatic rings. The van der Waals surface area contributed by atoms with E-state index < -0.39 is 0 Å². The molecule has 1 rings (SSSR count). The van der Waals surface area contributed by atoms with Gasteiger partial charge in [0.05, 0.1) is 4.92 Å². The molecule has 0 amide bonds. The van der Waals surface area contributed by atoms with Crippen molar-refractivity contribution in [2.45, 2.75) is 33.6 Å². The van der Waals surface area contributed by atoms with E-state index in [9.17, 15) is 10.1 Å². The molecule has 104 valence electrons. The summed E-state index contributed by atoms with van der Waals surface area (Å²) in [7, 11) is 0. The fraction of sp³-hybridized carbons (Fsp3) is 0.500. The smallest absolute Gasteiger partial charge is 0.269 e. The number of nitro groups is 1. The molecule has 5 N–H and O–H groups in total. The van der Waals surface area contributed by atoms with Gasteiger partial charge >= 0.3 is 0 Å². The van der Waals surface area contributed by atoms with Crippen LogP contribution in [0.4, 0.5) is 5.69 Å². The monoisotopic (exact) mass is 257 g/mol. The zero-order valence-corrected chi connectivity index (χ0v) is 11.2. The van der Waals surface area contributed by atoms with Crippen LogP contribution in [0.3, 0.4) is 0 Å². The Kier molecular flexibility index (Phi) is 12.5. The maximum atomic E-state index is 10.5. The van der Waals surface area contributed by atoms with Crippen LogP contribution in [0.25, 0.3) is 0 Å².